The van der Waals surface area contributed by atoms with Gasteiger partial charge in [0, 0.05) is 6.54 Å². The molecule has 0 aromatic carbocycles. The van der Waals surface area contributed by atoms with E-state index < -0.39 is 50.0 Å². The predicted molar refractivity (Wildman–Crippen MR) is 84.7 cm³/mol. The van der Waals surface area contributed by atoms with Crippen molar-refractivity contribution < 1.29 is 44.1 Å². The number of rotatable bonds is 8. The first-order valence-electron chi connectivity index (χ1n) is 7.28. The Morgan fingerprint density at radius 1 is 1.12 bits per heavy atom. The van der Waals surface area contributed by atoms with Gasteiger partial charge in [0.1, 0.15) is 6.61 Å². The van der Waals surface area contributed by atoms with E-state index in [9.17, 15) is 34.8 Å². The van der Waals surface area contributed by atoms with Gasteiger partial charge in [0.15, 0.2) is 0 Å². The van der Waals surface area contributed by atoms with E-state index in [1.54, 1.807) is 20.8 Å². The van der Waals surface area contributed by atoms with Crippen molar-refractivity contribution in [3.05, 3.63) is 0 Å². The van der Waals surface area contributed by atoms with E-state index in [0.29, 0.717) is 12.8 Å². The molecular formula is C12H24F3NO7S2. The van der Waals surface area contributed by atoms with Crippen molar-refractivity contribution in [2.75, 3.05) is 13.2 Å². The molecular weight excluding hydrogens is 391 g/mol. The van der Waals surface area contributed by atoms with Crippen molar-refractivity contribution in [3.8, 4) is 0 Å². The first-order valence-corrected chi connectivity index (χ1v) is 10.3. The van der Waals surface area contributed by atoms with Crippen molar-refractivity contribution >= 4 is 26.1 Å². The minimum absolute atomic E-state index is 0.366. The first kappa shape index (κ1) is 26.3. The third kappa shape index (κ3) is 11.3. The van der Waals surface area contributed by atoms with E-state index in [1.165, 1.54) is 11.6 Å². The van der Waals surface area contributed by atoms with Gasteiger partial charge in [0.25, 0.3) is 10.1 Å². The Hall–Kier alpha value is -0.920. The lowest BCUT2D eigenvalue weighted by Gasteiger charge is -2.11. The van der Waals surface area contributed by atoms with E-state index in [0.717, 1.165) is 0 Å². The molecule has 0 radical (unpaired) electrons. The molecule has 0 aliphatic carbocycles. The monoisotopic (exact) mass is 415 g/mol. The molecule has 0 fully saturated rings. The second kappa shape index (κ2) is 10.9. The summed E-state index contributed by atoms with van der Waals surface area (Å²) in [5.41, 5.74) is -5.35. The zero-order valence-corrected chi connectivity index (χ0v) is 16.0. The Labute approximate surface area is 145 Å². The molecule has 0 aliphatic heterocycles. The van der Waals surface area contributed by atoms with Gasteiger partial charge < -0.3 is 4.74 Å². The molecule has 8 nitrogen and oxygen atoms in total. The lowest BCUT2D eigenvalue weighted by atomic mass is 10.1. The van der Waals surface area contributed by atoms with E-state index >= 15 is 0 Å². The molecule has 0 aliphatic rings. The quantitative estimate of drug-likeness (QED) is 0.351. The minimum atomic E-state index is -5.36. The third-order valence-electron chi connectivity index (χ3n) is 3.04. The van der Waals surface area contributed by atoms with E-state index in [1.807, 2.05) is 0 Å². The number of nitrogens with one attached hydrogen (secondary N) is 1. The van der Waals surface area contributed by atoms with Gasteiger partial charge in [-0.3, -0.25) is 9.35 Å². The van der Waals surface area contributed by atoms with Gasteiger partial charge in [-0.1, -0.05) is 20.8 Å². The second-order valence-electron chi connectivity index (χ2n) is 5.05. The number of alkyl halides is 3. The van der Waals surface area contributed by atoms with E-state index in [2.05, 4.69) is 4.74 Å². The van der Waals surface area contributed by atoms with Gasteiger partial charge in [-0.05, 0) is 19.8 Å². The molecule has 0 aromatic rings. The summed E-state index contributed by atoms with van der Waals surface area (Å²) in [6.45, 7) is 5.48. The maximum Gasteiger partial charge on any atom is 0.511 e. The summed E-state index contributed by atoms with van der Waals surface area (Å²) in [5.74, 6) is -0.937. The van der Waals surface area contributed by atoms with Crippen LogP contribution in [0.5, 0.6) is 0 Å². The van der Waals surface area contributed by atoms with Crippen LogP contribution in [-0.2, 0) is 29.7 Å². The van der Waals surface area contributed by atoms with Crippen LogP contribution < -0.4 is 4.72 Å². The van der Waals surface area contributed by atoms with Gasteiger partial charge in [-0.25, -0.2) is 13.1 Å². The Bertz CT molecular complexity index is 603. The van der Waals surface area contributed by atoms with Crippen LogP contribution in [0.4, 0.5) is 13.2 Å². The van der Waals surface area contributed by atoms with E-state index in [4.69, 9.17) is 4.55 Å². The summed E-state index contributed by atoms with van der Waals surface area (Å²) in [6.07, 6.45) is 0.992. The fourth-order valence-electron chi connectivity index (χ4n) is 0.929. The first-order chi connectivity index (χ1) is 11.1. The largest absolute Gasteiger partial charge is 0.511 e. The molecule has 152 valence electrons. The molecule has 0 heterocycles. The van der Waals surface area contributed by atoms with Gasteiger partial charge in [-0.2, -0.15) is 21.6 Å². The fourth-order valence-corrected chi connectivity index (χ4v) is 1.87. The summed E-state index contributed by atoms with van der Waals surface area (Å²) in [7, 11) is -9.12. The summed E-state index contributed by atoms with van der Waals surface area (Å²) in [4.78, 5) is 11.1. The zero-order chi connectivity index (χ0) is 20.5. The average Bonchev–Trinajstić information content (AvgIpc) is 2.48. The Kier molecular flexibility index (Phi) is 11.5. The topological polar surface area (TPSA) is 127 Å². The average molecular weight is 415 g/mol. The van der Waals surface area contributed by atoms with Crippen LogP contribution in [-0.4, -0.2) is 51.3 Å². The maximum atomic E-state index is 11.8. The van der Waals surface area contributed by atoms with Crippen LogP contribution in [0.3, 0.4) is 0 Å². The summed E-state index contributed by atoms with van der Waals surface area (Å²) in [6, 6.07) is 0. The third-order valence-corrected chi connectivity index (χ3v) is 5.59. The Morgan fingerprint density at radius 2 is 1.60 bits per heavy atom. The van der Waals surface area contributed by atoms with Crippen LogP contribution in [0.1, 0.15) is 40.5 Å². The van der Waals surface area contributed by atoms with Crippen molar-refractivity contribution in [1.29, 1.82) is 0 Å². The predicted octanol–water partition coefficient (Wildman–Crippen LogP) is 1.69. The van der Waals surface area contributed by atoms with Gasteiger partial charge >= 0.3 is 21.5 Å². The highest BCUT2D eigenvalue weighted by Gasteiger charge is 2.45. The zero-order valence-electron chi connectivity index (χ0n) is 14.3. The molecule has 2 atom stereocenters. The number of carbonyl (C=O) groups excluding carboxylic acids is 1. The highest BCUT2D eigenvalue weighted by atomic mass is 32.2. The summed E-state index contributed by atoms with van der Waals surface area (Å²) < 4.78 is 90.9. The van der Waals surface area contributed by atoms with Crippen LogP contribution in [0.2, 0.25) is 0 Å². The minimum Gasteiger partial charge on any atom is -0.464 e. The SMILES string of the molecule is CCC(C)C(=O)OCCNS(=O)(=O)C(F)(F)F.CCC(C)S(=O)(=O)O. The molecule has 0 bridgehead atoms. The number of hydrogen-bond donors (Lipinski definition) is 2. The van der Waals surface area contributed by atoms with E-state index in [-0.39, 0.29) is 5.92 Å². The molecule has 2 N–H and O–H groups in total. The molecule has 2 unspecified atom stereocenters. The highest BCUT2D eigenvalue weighted by molar-refractivity contribution is 7.90. The van der Waals surface area contributed by atoms with Gasteiger partial charge in [-0.15, -0.1) is 0 Å². The number of carbonyl (C=O) groups is 1. The number of hydrogen-bond acceptors (Lipinski definition) is 6. The van der Waals surface area contributed by atoms with Crippen LogP contribution in [0.25, 0.3) is 0 Å². The number of esters is 1. The van der Waals surface area contributed by atoms with Gasteiger partial charge in [0.2, 0.25) is 0 Å². The van der Waals surface area contributed by atoms with Crippen molar-refractivity contribution in [1.82, 2.24) is 4.72 Å². The molecule has 0 amide bonds. The number of sulfonamides is 1. The van der Waals surface area contributed by atoms with Crippen LogP contribution >= 0.6 is 0 Å². The second-order valence-corrected chi connectivity index (χ2v) is 8.65. The number of halogens is 3. The smallest absolute Gasteiger partial charge is 0.464 e. The molecule has 13 heteroatoms. The van der Waals surface area contributed by atoms with Crippen LogP contribution in [0.15, 0.2) is 0 Å². The number of ether oxygens (including phenoxy) is 1. The normalized spacial score (nSPS) is 14.9. The van der Waals surface area contributed by atoms with Crippen molar-refractivity contribution in [2.24, 2.45) is 5.92 Å². The lowest BCUT2D eigenvalue weighted by Crippen LogP contribution is -2.38. The summed E-state index contributed by atoms with van der Waals surface area (Å²) >= 11 is 0. The molecule has 0 aromatic heterocycles. The maximum absolute atomic E-state index is 11.8. The molecule has 0 spiro atoms. The lowest BCUT2D eigenvalue weighted by molar-refractivity contribution is -0.147. The standard InChI is InChI=1S/C8H14F3NO4S.C4H10O3S/c1-3-6(2)7(13)16-5-4-12-17(14,15)8(9,10)11;1-3-4(2)8(5,6)7/h6,12H,3-5H2,1-2H3;4H,3H2,1-2H3,(H,5,6,7). The van der Waals surface area contributed by atoms with Gasteiger partial charge in [0.05, 0.1) is 11.2 Å². The van der Waals surface area contributed by atoms with Crippen LogP contribution in [0, 0.1) is 5.92 Å². The highest BCUT2D eigenvalue weighted by Crippen LogP contribution is 2.21. The fraction of sp³-hybridized carbons (Fsp3) is 0.917. The molecule has 0 saturated carbocycles. The summed E-state index contributed by atoms with van der Waals surface area (Å²) in [5, 5.41) is -0.623. The molecule has 0 rings (SSSR count). The van der Waals surface area contributed by atoms with Crippen molar-refractivity contribution in [2.45, 2.75) is 51.3 Å². The molecule has 25 heavy (non-hydrogen) atoms. The Balaban J connectivity index is 0. The molecule has 0 saturated heterocycles. The Morgan fingerprint density at radius 3 is 1.88 bits per heavy atom. The van der Waals surface area contributed by atoms with Crippen molar-refractivity contribution in [3.63, 3.8) is 0 Å².